The Hall–Kier alpha value is -1.13. The van der Waals surface area contributed by atoms with Crippen molar-refractivity contribution in [3.05, 3.63) is 51.1 Å². The minimum absolute atomic E-state index is 0.217. The van der Waals surface area contributed by atoms with E-state index in [0.717, 1.165) is 19.3 Å². The Morgan fingerprint density at radius 2 is 0.919 bits per heavy atom. The highest BCUT2D eigenvalue weighted by Gasteiger charge is 2.39. The molecule has 2 aromatic carbocycles. The van der Waals surface area contributed by atoms with Crippen LogP contribution < -0.4 is 5.30 Å². The summed E-state index contributed by atoms with van der Waals surface area (Å²) in [4.78, 5) is 0. The first-order valence-electron chi connectivity index (χ1n) is 14.8. The number of benzene rings is 2. The fourth-order valence-corrected chi connectivity index (χ4v) is 10.9. The second kappa shape index (κ2) is 11.9. The normalized spacial score (nSPS) is 13.1. The Kier molecular flexibility index (Phi) is 10.4. The first-order valence-corrected chi connectivity index (χ1v) is 16.2. The lowest BCUT2D eigenvalue weighted by Gasteiger charge is -2.44. The van der Waals surface area contributed by atoms with Crippen LogP contribution in [0.3, 0.4) is 0 Å². The third kappa shape index (κ3) is 7.50. The molecule has 0 radical (unpaired) electrons. The van der Waals surface area contributed by atoms with Gasteiger partial charge in [0.15, 0.2) is 0 Å². The average Bonchev–Trinajstić information content (AvgIpc) is 2.68. The van der Waals surface area contributed by atoms with Crippen LogP contribution in [0.15, 0.2) is 12.1 Å². The molecule has 208 valence electrons. The monoisotopic (exact) mass is 522 g/mol. The first-order chi connectivity index (χ1) is 16.8. The highest BCUT2D eigenvalue weighted by Crippen LogP contribution is 2.61. The maximum Gasteiger partial charge on any atom is -0.00662 e. The lowest BCUT2D eigenvalue weighted by molar-refractivity contribution is 0.626. The predicted octanol–water partition coefficient (Wildman–Crippen LogP) is 10.9. The number of hydrogen-bond donors (Lipinski definition) is 0. The van der Waals surface area contributed by atoms with Crippen molar-refractivity contribution in [3.8, 4) is 11.1 Å². The van der Waals surface area contributed by atoms with Gasteiger partial charge in [0.2, 0.25) is 0 Å². The van der Waals surface area contributed by atoms with Crippen LogP contribution in [0, 0.1) is 45.4 Å². The fraction of sp³-hybridized carbons (Fsp3) is 0.667. The lowest BCUT2D eigenvalue weighted by atomic mass is 9.81. The smallest absolute Gasteiger partial charge is 0.00662 e. The Balaban J connectivity index is 3.21. The maximum atomic E-state index is 2.59. The van der Waals surface area contributed by atoms with Crippen molar-refractivity contribution in [3.63, 3.8) is 0 Å². The van der Waals surface area contributed by atoms with Gasteiger partial charge in [0.1, 0.15) is 0 Å². The molecule has 0 bridgehead atoms. The summed E-state index contributed by atoms with van der Waals surface area (Å²) in [5.74, 6) is 1.92. The van der Waals surface area contributed by atoms with Gasteiger partial charge in [-0.3, -0.25) is 0 Å². The summed E-state index contributed by atoms with van der Waals surface area (Å²) in [5.41, 5.74) is 13.8. The van der Waals surface area contributed by atoms with Gasteiger partial charge in [-0.1, -0.05) is 103 Å². The molecule has 0 spiro atoms. The Bertz CT molecular complexity index is 1040. The first kappa shape index (κ1) is 32.1. The third-order valence-corrected chi connectivity index (χ3v) is 11.4. The Labute approximate surface area is 233 Å². The molecule has 1 heteroatoms. The molecule has 0 saturated heterocycles. The molecule has 0 aliphatic carbocycles. The third-order valence-electron chi connectivity index (χ3n) is 7.73. The van der Waals surface area contributed by atoms with E-state index in [0.29, 0.717) is 17.8 Å². The van der Waals surface area contributed by atoms with E-state index in [9.17, 15) is 0 Å². The molecule has 0 heterocycles. The molecule has 0 aliphatic heterocycles. The van der Waals surface area contributed by atoms with Gasteiger partial charge < -0.3 is 0 Å². The van der Waals surface area contributed by atoms with E-state index in [1.54, 1.807) is 27.6 Å². The predicted molar refractivity (Wildman–Crippen MR) is 173 cm³/mol. The summed E-state index contributed by atoms with van der Waals surface area (Å²) < 4.78 is 0. The molecule has 0 fully saturated rings. The van der Waals surface area contributed by atoms with Crippen LogP contribution in [0.5, 0.6) is 0 Å². The van der Waals surface area contributed by atoms with Crippen LogP contribution in [0.1, 0.15) is 122 Å². The lowest BCUT2D eigenvalue weighted by Crippen LogP contribution is -2.34. The average molecular weight is 523 g/mol. The Morgan fingerprint density at radius 1 is 0.541 bits per heavy atom. The molecule has 37 heavy (non-hydrogen) atoms. The van der Waals surface area contributed by atoms with Crippen molar-refractivity contribution in [2.45, 2.75) is 140 Å². The zero-order chi connectivity index (χ0) is 28.6. The molecule has 0 amide bonds. The fourth-order valence-electron chi connectivity index (χ4n) is 6.51. The second-order valence-corrected chi connectivity index (χ2v) is 18.8. The SMILES string of the molecule is Cc1c(C)c(C)c(P(C(C)(C)C)C(C)(C)C)c(-c2c(CC(C)C)cc(CC(C)C)cc2CC(C)C)c1C. The standard InChI is InChI=1S/C36H59P/c1-22(2)17-29-20-30(18-23(3)4)33(31(21-29)19-24(5)6)32-27(9)25(7)26(8)28(10)34(32)37(35(11,12)13)36(14,15)16/h20-24H,17-19H2,1-16H3. The van der Waals surface area contributed by atoms with E-state index in [4.69, 9.17) is 0 Å². The van der Waals surface area contributed by atoms with Gasteiger partial charge in [0.05, 0.1) is 0 Å². The molecule has 2 rings (SSSR count). The Morgan fingerprint density at radius 3 is 1.27 bits per heavy atom. The molecule has 0 aromatic heterocycles. The van der Waals surface area contributed by atoms with Crippen LogP contribution in [-0.2, 0) is 19.3 Å². The van der Waals surface area contributed by atoms with Gasteiger partial charge in [0.25, 0.3) is 0 Å². The van der Waals surface area contributed by atoms with Crippen molar-refractivity contribution in [1.82, 2.24) is 0 Å². The molecular weight excluding hydrogens is 463 g/mol. The van der Waals surface area contributed by atoms with Crippen LogP contribution in [0.25, 0.3) is 11.1 Å². The van der Waals surface area contributed by atoms with Crippen LogP contribution in [0.2, 0.25) is 0 Å². The van der Waals surface area contributed by atoms with Gasteiger partial charge in [-0.05, 0) is 130 Å². The largest absolute Gasteiger partial charge is 0.0633 e. The van der Waals surface area contributed by atoms with Gasteiger partial charge in [-0.2, -0.15) is 0 Å². The zero-order valence-electron chi connectivity index (χ0n) is 27.5. The van der Waals surface area contributed by atoms with Gasteiger partial charge in [-0.25, -0.2) is 0 Å². The van der Waals surface area contributed by atoms with Gasteiger partial charge in [-0.15, -0.1) is 0 Å². The summed E-state index contributed by atoms with van der Waals surface area (Å²) in [7, 11) is -0.435. The topological polar surface area (TPSA) is 0 Å². The molecule has 0 nitrogen and oxygen atoms in total. The van der Waals surface area contributed by atoms with Crippen molar-refractivity contribution < 1.29 is 0 Å². The number of hydrogen-bond acceptors (Lipinski definition) is 0. The molecule has 0 saturated carbocycles. The second-order valence-electron chi connectivity index (χ2n) is 15.0. The minimum Gasteiger partial charge on any atom is -0.0633 e. The molecule has 0 atom stereocenters. The van der Waals surface area contributed by atoms with E-state index >= 15 is 0 Å². The van der Waals surface area contributed by atoms with E-state index in [2.05, 4.69) is 123 Å². The van der Waals surface area contributed by atoms with Crippen LogP contribution in [-0.4, -0.2) is 10.3 Å². The van der Waals surface area contributed by atoms with Crippen molar-refractivity contribution in [2.24, 2.45) is 17.8 Å². The highest BCUT2D eigenvalue weighted by molar-refractivity contribution is 7.69. The molecule has 0 N–H and O–H groups in total. The highest BCUT2D eigenvalue weighted by atomic mass is 31.1. The quantitative estimate of drug-likeness (QED) is 0.302. The number of rotatable bonds is 8. The maximum absolute atomic E-state index is 2.59. The van der Waals surface area contributed by atoms with Gasteiger partial charge in [0, 0.05) is 0 Å². The van der Waals surface area contributed by atoms with E-state index in [1.165, 1.54) is 27.8 Å². The van der Waals surface area contributed by atoms with Crippen molar-refractivity contribution in [1.29, 1.82) is 0 Å². The van der Waals surface area contributed by atoms with Crippen LogP contribution in [0.4, 0.5) is 0 Å². The molecule has 0 aliphatic rings. The van der Waals surface area contributed by atoms with E-state index < -0.39 is 7.92 Å². The summed E-state index contributed by atoms with van der Waals surface area (Å²) in [6.07, 6.45) is 3.44. The minimum atomic E-state index is -0.435. The molecule has 0 unspecified atom stereocenters. The van der Waals surface area contributed by atoms with Crippen molar-refractivity contribution in [2.75, 3.05) is 0 Å². The molecular formula is C36H59P. The molecule has 2 aromatic rings. The summed E-state index contributed by atoms with van der Waals surface area (Å²) in [6.45, 7) is 38.7. The van der Waals surface area contributed by atoms with Crippen LogP contribution >= 0.6 is 7.92 Å². The zero-order valence-corrected chi connectivity index (χ0v) is 28.3. The summed E-state index contributed by atoms with van der Waals surface area (Å²) in [6, 6.07) is 5.17. The van der Waals surface area contributed by atoms with E-state index in [1.807, 2.05) is 0 Å². The van der Waals surface area contributed by atoms with E-state index in [-0.39, 0.29) is 10.3 Å². The van der Waals surface area contributed by atoms with Gasteiger partial charge >= 0.3 is 0 Å². The van der Waals surface area contributed by atoms with Crippen molar-refractivity contribution >= 4 is 13.2 Å². The summed E-state index contributed by atoms with van der Waals surface area (Å²) in [5, 5.41) is 2.10. The summed E-state index contributed by atoms with van der Waals surface area (Å²) >= 11 is 0.